The highest BCUT2D eigenvalue weighted by atomic mass is 32.2. The molecule has 0 radical (unpaired) electrons. The molecule has 8 heteroatoms. The van der Waals surface area contributed by atoms with Crippen molar-refractivity contribution in [2.45, 2.75) is 19.8 Å². The molecule has 0 rings (SSSR count). The normalized spacial score (nSPS) is 13.2. The quantitative estimate of drug-likeness (QED) is 0.614. The van der Waals surface area contributed by atoms with E-state index in [-0.39, 0.29) is 18.9 Å². The average molecular weight is 287 g/mol. The molecule has 0 atom stereocenters. The summed E-state index contributed by atoms with van der Waals surface area (Å²) in [5.74, 6) is -0.807. The van der Waals surface area contributed by atoms with E-state index in [1.54, 1.807) is 0 Å². The van der Waals surface area contributed by atoms with Crippen molar-refractivity contribution in [3.8, 4) is 0 Å². The first-order valence-electron chi connectivity index (χ1n) is 5.49. The molecule has 0 aromatic heterocycles. The molecule has 0 heterocycles. The minimum absolute atomic E-state index is 0.0199. The van der Waals surface area contributed by atoms with E-state index in [0.29, 0.717) is 13.0 Å². The maximum Gasteiger partial charge on any atom is 0.215 e. The minimum atomic E-state index is -3.60. The number of rotatable bonds is 9. The molecule has 0 amide bonds. The lowest BCUT2D eigenvalue weighted by Crippen LogP contribution is -2.37. The minimum Gasteiger partial charge on any atom is -0.395 e. The molecule has 0 spiro atoms. The van der Waals surface area contributed by atoms with Gasteiger partial charge in [0.15, 0.2) is 0 Å². The maximum atomic E-state index is 11.8. The lowest BCUT2D eigenvalue weighted by Gasteiger charge is -2.20. The van der Waals surface area contributed by atoms with Crippen LogP contribution in [-0.2, 0) is 19.9 Å². The van der Waals surface area contributed by atoms with E-state index >= 15 is 0 Å². The Bertz CT molecular complexity index is 401. The van der Waals surface area contributed by atoms with Crippen molar-refractivity contribution < 1.29 is 21.9 Å². The van der Waals surface area contributed by atoms with E-state index in [1.165, 1.54) is 0 Å². The molecule has 104 valence electrons. The van der Waals surface area contributed by atoms with Crippen LogP contribution in [0, 0.1) is 0 Å². The molecule has 17 heavy (non-hydrogen) atoms. The Hall–Kier alpha value is -0.180. The predicted octanol–water partition coefficient (Wildman–Crippen LogP) is -0.545. The summed E-state index contributed by atoms with van der Waals surface area (Å²) in [6.07, 6.45) is 2.53. The first-order chi connectivity index (χ1) is 7.73. The average Bonchev–Trinajstić information content (AvgIpc) is 2.20. The number of nitrogens with zero attached hydrogens (tertiary/aromatic N) is 1. The summed E-state index contributed by atoms with van der Waals surface area (Å²) in [4.78, 5) is 0. The van der Waals surface area contributed by atoms with E-state index in [9.17, 15) is 16.8 Å². The van der Waals surface area contributed by atoms with Gasteiger partial charge in [0, 0.05) is 19.3 Å². The molecule has 0 aliphatic rings. The Kier molecular flexibility index (Phi) is 7.22. The molecule has 0 saturated carbocycles. The zero-order valence-corrected chi connectivity index (χ0v) is 11.9. The molecule has 0 aromatic carbocycles. The van der Waals surface area contributed by atoms with Crippen molar-refractivity contribution in [2.75, 3.05) is 37.5 Å². The first kappa shape index (κ1) is 16.8. The van der Waals surface area contributed by atoms with Crippen molar-refractivity contribution in [1.29, 1.82) is 0 Å². The fourth-order valence-electron chi connectivity index (χ4n) is 1.22. The number of hydrogen-bond donors (Lipinski definition) is 1. The van der Waals surface area contributed by atoms with Crippen LogP contribution < -0.4 is 0 Å². The van der Waals surface area contributed by atoms with Gasteiger partial charge in [0.05, 0.1) is 18.1 Å². The largest absolute Gasteiger partial charge is 0.395 e. The van der Waals surface area contributed by atoms with Crippen LogP contribution in [0.4, 0.5) is 0 Å². The SMILES string of the molecule is CCCCN(CCO)S(=O)(=O)CCS(C)(=O)=O. The smallest absolute Gasteiger partial charge is 0.215 e. The zero-order valence-electron chi connectivity index (χ0n) is 10.3. The summed E-state index contributed by atoms with van der Waals surface area (Å²) < 4.78 is 46.7. The maximum absolute atomic E-state index is 11.8. The van der Waals surface area contributed by atoms with Gasteiger partial charge in [-0.1, -0.05) is 13.3 Å². The zero-order chi connectivity index (χ0) is 13.5. The third kappa shape index (κ3) is 7.69. The van der Waals surface area contributed by atoms with Crippen LogP contribution in [0.1, 0.15) is 19.8 Å². The van der Waals surface area contributed by atoms with Crippen molar-refractivity contribution in [3.05, 3.63) is 0 Å². The highest BCUT2D eigenvalue weighted by molar-refractivity contribution is 7.93. The van der Waals surface area contributed by atoms with E-state index in [1.807, 2.05) is 6.92 Å². The second-order valence-electron chi connectivity index (χ2n) is 3.92. The molecule has 6 nitrogen and oxygen atoms in total. The van der Waals surface area contributed by atoms with E-state index < -0.39 is 25.6 Å². The van der Waals surface area contributed by atoms with Crippen LogP contribution in [-0.4, -0.2) is 63.7 Å². The molecule has 0 aliphatic carbocycles. The molecule has 0 aliphatic heterocycles. The third-order valence-corrected chi connectivity index (χ3v) is 5.29. The van der Waals surface area contributed by atoms with Crippen LogP contribution >= 0.6 is 0 Å². The molecule has 0 aromatic rings. The fourth-order valence-corrected chi connectivity index (χ4v) is 4.30. The number of sulfonamides is 1. The molecule has 0 saturated heterocycles. The Labute approximate surface area is 104 Å². The highest BCUT2D eigenvalue weighted by Crippen LogP contribution is 2.05. The Morgan fingerprint density at radius 2 is 1.65 bits per heavy atom. The Morgan fingerprint density at radius 3 is 2.06 bits per heavy atom. The van der Waals surface area contributed by atoms with Gasteiger partial charge in [0.1, 0.15) is 9.84 Å². The second-order valence-corrected chi connectivity index (χ2v) is 8.27. The topological polar surface area (TPSA) is 91.8 Å². The van der Waals surface area contributed by atoms with Gasteiger partial charge in [-0.05, 0) is 6.42 Å². The lowest BCUT2D eigenvalue weighted by atomic mass is 10.3. The molecular formula is C9H21NO5S2. The molecule has 0 bridgehead atoms. The van der Waals surface area contributed by atoms with E-state index in [2.05, 4.69) is 0 Å². The van der Waals surface area contributed by atoms with Crippen LogP contribution in [0.25, 0.3) is 0 Å². The second kappa shape index (κ2) is 7.30. The molecule has 1 N–H and O–H groups in total. The Morgan fingerprint density at radius 1 is 1.06 bits per heavy atom. The molecule has 0 unspecified atom stereocenters. The van der Waals surface area contributed by atoms with Crippen molar-refractivity contribution in [2.24, 2.45) is 0 Å². The van der Waals surface area contributed by atoms with Gasteiger partial charge in [0.25, 0.3) is 0 Å². The number of unbranched alkanes of at least 4 members (excludes halogenated alkanes) is 1. The third-order valence-electron chi connectivity index (χ3n) is 2.22. The summed E-state index contributed by atoms with van der Waals surface area (Å²) in [5, 5.41) is 8.80. The predicted molar refractivity (Wildman–Crippen MR) is 67.1 cm³/mol. The van der Waals surface area contributed by atoms with Crippen molar-refractivity contribution in [1.82, 2.24) is 4.31 Å². The van der Waals surface area contributed by atoms with Crippen LogP contribution in [0.15, 0.2) is 0 Å². The Balaban J connectivity index is 4.59. The van der Waals surface area contributed by atoms with Gasteiger partial charge in [-0.25, -0.2) is 16.8 Å². The molecular weight excluding hydrogens is 266 g/mol. The molecule has 0 fully saturated rings. The standard InChI is InChI=1S/C9H21NO5S2/c1-3-4-5-10(6-7-11)17(14,15)9-8-16(2,12)13/h11H,3-9H2,1-2H3. The van der Waals surface area contributed by atoms with Crippen molar-refractivity contribution in [3.63, 3.8) is 0 Å². The summed E-state index contributed by atoms with van der Waals surface area (Å²) in [7, 11) is -6.89. The van der Waals surface area contributed by atoms with Gasteiger partial charge in [-0.15, -0.1) is 0 Å². The van der Waals surface area contributed by atoms with Gasteiger partial charge in [0.2, 0.25) is 10.0 Å². The highest BCUT2D eigenvalue weighted by Gasteiger charge is 2.22. The summed E-state index contributed by atoms with van der Waals surface area (Å²) in [6.45, 7) is 2.01. The van der Waals surface area contributed by atoms with Gasteiger partial charge in [-0.2, -0.15) is 4.31 Å². The number of aliphatic hydroxyl groups excluding tert-OH is 1. The first-order valence-corrected chi connectivity index (χ1v) is 9.16. The summed E-state index contributed by atoms with van der Waals surface area (Å²) in [6, 6.07) is 0. The summed E-state index contributed by atoms with van der Waals surface area (Å²) in [5.41, 5.74) is 0. The van der Waals surface area contributed by atoms with Crippen LogP contribution in [0.3, 0.4) is 0 Å². The number of sulfone groups is 1. The van der Waals surface area contributed by atoms with E-state index in [4.69, 9.17) is 5.11 Å². The summed E-state index contributed by atoms with van der Waals surface area (Å²) >= 11 is 0. The number of aliphatic hydroxyl groups is 1. The lowest BCUT2D eigenvalue weighted by molar-refractivity contribution is 0.252. The van der Waals surface area contributed by atoms with Gasteiger partial charge < -0.3 is 5.11 Å². The fraction of sp³-hybridized carbons (Fsp3) is 1.00. The van der Waals surface area contributed by atoms with Crippen LogP contribution in [0.2, 0.25) is 0 Å². The van der Waals surface area contributed by atoms with Crippen molar-refractivity contribution >= 4 is 19.9 Å². The number of hydrogen-bond acceptors (Lipinski definition) is 5. The van der Waals surface area contributed by atoms with Gasteiger partial charge >= 0.3 is 0 Å². The van der Waals surface area contributed by atoms with E-state index in [0.717, 1.165) is 17.0 Å². The van der Waals surface area contributed by atoms with Gasteiger partial charge in [-0.3, -0.25) is 0 Å². The monoisotopic (exact) mass is 287 g/mol. The van der Waals surface area contributed by atoms with Crippen LogP contribution in [0.5, 0.6) is 0 Å².